The Kier molecular flexibility index (Phi) is 5.66. The molecule has 30 heavy (non-hydrogen) atoms. The van der Waals surface area contributed by atoms with E-state index in [1.54, 1.807) is 10.6 Å². The molecule has 2 N–H and O–H groups in total. The van der Waals surface area contributed by atoms with Gasteiger partial charge < -0.3 is 15.2 Å². The molecule has 0 aliphatic carbocycles. The lowest BCUT2D eigenvalue weighted by atomic mass is 9.94. The van der Waals surface area contributed by atoms with Crippen molar-refractivity contribution in [3.8, 4) is 0 Å². The fourth-order valence-corrected chi connectivity index (χ4v) is 4.67. The number of aromatic nitrogens is 3. The van der Waals surface area contributed by atoms with Crippen LogP contribution in [0.1, 0.15) is 51.6 Å². The van der Waals surface area contributed by atoms with Crippen LogP contribution < -0.4 is 10.9 Å². The van der Waals surface area contributed by atoms with E-state index in [1.165, 1.54) is 11.1 Å². The van der Waals surface area contributed by atoms with Crippen molar-refractivity contribution in [2.24, 2.45) is 0 Å². The number of aryl methyl sites for hydroxylation is 1. The molecule has 0 atom stereocenters. The molecule has 0 unspecified atom stereocenters. The molecule has 1 amide bonds. The molecule has 4 heterocycles. The SMILES string of the molecule is Cc1nn2c(C3CCNCC3)cc(=O)[nH]c2c1C(=O)N1CCc2ccccc2C1.Cl. The van der Waals surface area contributed by atoms with E-state index in [2.05, 4.69) is 27.5 Å². The van der Waals surface area contributed by atoms with Gasteiger partial charge in [0.1, 0.15) is 11.2 Å². The van der Waals surface area contributed by atoms with E-state index < -0.39 is 0 Å². The van der Waals surface area contributed by atoms with E-state index >= 15 is 0 Å². The van der Waals surface area contributed by atoms with Crippen molar-refractivity contribution >= 4 is 24.0 Å². The molecule has 0 radical (unpaired) electrons. The summed E-state index contributed by atoms with van der Waals surface area (Å²) in [5, 5.41) is 8.02. The molecule has 8 heteroatoms. The van der Waals surface area contributed by atoms with Crippen molar-refractivity contribution in [1.29, 1.82) is 0 Å². The molecule has 3 aromatic rings. The standard InChI is InChI=1S/C22H25N5O2.ClH/c1-14-20(22(29)26-11-8-15-4-2-3-5-17(15)13-26)21-24-19(28)12-18(27(21)25-14)16-6-9-23-10-7-16;/h2-5,12,16,23H,6-11,13H2,1H3,(H,24,28);1H. The fourth-order valence-electron chi connectivity index (χ4n) is 4.67. The van der Waals surface area contributed by atoms with E-state index in [-0.39, 0.29) is 29.8 Å². The minimum Gasteiger partial charge on any atom is -0.334 e. The summed E-state index contributed by atoms with van der Waals surface area (Å²) in [6, 6.07) is 9.89. The van der Waals surface area contributed by atoms with Gasteiger partial charge in [0.05, 0.1) is 11.4 Å². The summed E-state index contributed by atoms with van der Waals surface area (Å²) in [7, 11) is 0. The number of nitrogens with one attached hydrogen (secondary N) is 2. The summed E-state index contributed by atoms with van der Waals surface area (Å²) in [6.07, 6.45) is 2.77. The Bertz CT molecular complexity index is 1150. The molecule has 1 saturated heterocycles. The van der Waals surface area contributed by atoms with Crippen molar-refractivity contribution in [3.05, 3.63) is 68.8 Å². The van der Waals surface area contributed by atoms with Gasteiger partial charge in [-0.1, -0.05) is 24.3 Å². The summed E-state index contributed by atoms with van der Waals surface area (Å²) >= 11 is 0. The first-order valence-corrected chi connectivity index (χ1v) is 10.3. The van der Waals surface area contributed by atoms with Crippen molar-refractivity contribution in [2.45, 2.75) is 38.6 Å². The Labute approximate surface area is 180 Å². The maximum atomic E-state index is 13.4. The Balaban J connectivity index is 0.00000218. The normalized spacial score (nSPS) is 16.9. The Morgan fingerprint density at radius 3 is 2.67 bits per heavy atom. The number of halogens is 1. The third-order valence-corrected chi connectivity index (χ3v) is 6.21. The number of benzene rings is 1. The minimum absolute atomic E-state index is 0. The molecule has 2 aromatic heterocycles. The van der Waals surface area contributed by atoms with E-state index in [0.29, 0.717) is 30.0 Å². The van der Waals surface area contributed by atoms with Gasteiger partial charge in [0, 0.05) is 25.1 Å². The third kappa shape index (κ3) is 3.52. The van der Waals surface area contributed by atoms with Gasteiger partial charge in [0.25, 0.3) is 11.5 Å². The average molecular weight is 428 g/mol. The van der Waals surface area contributed by atoms with Gasteiger partial charge in [-0.2, -0.15) is 5.10 Å². The second-order valence-corrected chi connectivity index (χ2v) is 8.05. The van der Waals surface area contributed by atoms with Gasteiger partial charge in [0.2, 0.25) is 0 Å². The first kappa shape index (κ1) is 20.6. The highest BCUT2D eigenvalue weighted by atomic mass is 35.5. The van der Waals surface area contributed by atoms with Crippen LogP contribution in [-0.2, 0) is 13.0 Å². The summed E-state index contributed by atoms with van der Waals surface area (Å²) in [5.74, 6) is 0.204. The van der Waals surface area contributed by atoms with E-state index in [4.69, 9.17) is 0 Å². The maximum Gasteiger partial charge on any atom is 0.259 e. The number of fused-ring (bicyclic) bond motifs is 2. The topological polar surface area (TPSA) is 82.5 Å². The lowest BCUT2D eigenvalue weighted by Crippen LogP contribution is -2.36. The number of nitrogens with zero attached hydrogens (tertiary/aromatic N) is 3. The highest BCUT2D eigenvalue weighted by Crippen LogP contribution is 2.27. The summed E-state index contributed by atoms with van der Waals surface area (Å²) in [6.45, 7) is 4.97. The molecule has 5 rings (SSSR count). The number of aromatic amines is 1. The monoisotopic (exact) mass is 427 g/mol. The average Bonchev–Trinajstić information content (AvgIpc) is 3.08. The summed E-state index contributed by atoms with van der Waals surface area (Å²) in [5.41, 5.74) is 4.90. The van der Waals surface area contributed by atoms with Crippen molar-refractivity contribution in [2.75, 3.05) is 19.6 Å². The Morgan fingerprint density at radius 1 is 1.17 bits per heavy atom. The molecular formula is C22H26ClN5O2. The number of hydrogen-bond acceptors (Lipinski definition) is 4. The largest absolute Gasteiger partial charge is 0.334 e. The number of H-pyrrole nitrogens is 1. The Morgan fingerprint density at radius 2 is 1.90 bits per heavy atom. The molecular weight excluding hydrogens is 402 g/mol. The second kappa shape index (κ2) is 8.24. The molecule has 1 fully saturated rings. The molecule has 7 nitrogen and oxygen atoms in total. The highest BCUT2D eigenvalue weighted by molar-refractivity contribution is 6.01. The van der Waals surface area contributed by atoms with Crippen LogP contribution in [0.15, 0.2) is 35.1 Å². The van der Waals surface area contributed by atoms with E-state index in [9.17, 15) is 9.59 Å². The van der Waals surface area contributed by atoms with Crippen LogP contribution >= 0.6 is 12.4 Å². The molecule has 0 spiro atoms. The highest BCUT2D eigenvalue weighted by Gasteiger charge is 2.28. The van der Waals surface area contributed by atoms with Gasteiger partial charge in [-0.15, -0.1) is 12.4 Å². The van der Waals surface area contributed by atoms with Crippen LogP contribution in [-0.4, -0.2) is 45.0 Å². The second-order valence-electron chi connectivity index (χ2n) is 8.05. The van der Waals surface area contributed by atoms with Crippen LogP contribution in [0.5, 0.6) is 0 Å². The summed E-state index contributed by atoms with van der Waals surface area (Å²) < 4.78 is 1.79. The third-order valence-electron chi connectivity index (χ3n) is 6.21. The van der Waals surface area contributed by atoms with Crippen LogP contribution in [0.25, 0.3) is 5.65 Å². The number of carbonyl (C=O) groups excluding carboxylic acids is 1. The lowest BCUT2D eigenvalue weighted by Gasteiger charge is -2.28. The number of hydrogen-bond donors (Lipinski definition) is 2. The van der Waals surface area contributed by atoms with E-state index in [0.717, 1.165) is 38.0 Å². The van der Waals surface area contributed by atoms with Crippen LogP contribution in [0.2, 0.25) is 0 Å². The zero-order chi connectivity index (χ0) is 20.0. The minimum atomic E-state index is -0.177. The first-order valence-electron chi connectivity index (χ1n) is 10.3. The van der Waals surface area contributed by atoms with Gasteiger partial charge in [-0.05, 0) is 50.4 Å². The van der Waals surface area contributed by atoms with Crippen LogP contribution in [0, 0.1) is 6.92 Å². The van der Waals surface area contributed by atoms with Crippen LogP contribution in [0.3, 0.4) is 0 Å². The molecule has 1 aromatic carbocycles. The smallest absolute Gasteiger partial charge is 0.259 e. The Hall–Kier alpha value is -2.64. The number of amides is 1. The van der Waals surface area contributed by atoms with Crippen molar-refractivity contribution in [1.82, 2.24) is 24.8 Å². The first-order chi connectivity index (χ1) is 14.1. The quantitative estimate of drug-likeness (QED) is 0.658. The predicted octanol–water partition coefficient (Wildman–Crippen LogP) is 2.42. The van der Waals surface area contributed by atoms with Gasteiger partial charge in [0.15, 0.2) is 0 Å². The molecule has 2 aliphatic heterocycles. The molecule has 2 aliphatic rings. The predicted molar refractivity (Wildman–Crippen MR) is 118 cm³/mol. The number of piperidine rings is 1. The number of rotatable bonds is 2. The fraction of sp³-hybridized carbons (Fsp3) is 0.409. The van der Waals surface area contributed by atoms with Gasteiger partial charge in [-0.25, -0.2) is 4.52 Å². The lowest BCUT2D eigenvalue weighted by molar-refractivity contribution is 0.0735. The van der Waals surface area contributed by atoms with Crippen molar-refractivity contribution in [3.63, 3.8) is 0 Å². The summed E-state index contributed by atoms with van der Waals surface area (Å²) in [4.78, 5) is 30.6. The van der Waals surface area contributed by atoms with Gasteiger partial charge in [-0.3, -0.25) is 9.59 Å². The zero-order valence-corrected chi connectivity index (χ0v) is 17.8. The van der Waals surface area contributed by atoms with E-state index in [1.807, 2.05) is 24.0 Å². The maximum absolute atomic E-state index is 13.4. The molecule has 0 bridgehead atoms. The van der Waals surface area contributed by atoms with Crippen molar-refractivity contribution < 1.29 is 4.79 Å². The molecule has 158 valence electrons. The van der Waals surface area contributed by atoms with Crippen LogP contribution in [0.4, 0.5) is 0 Å². The van der Waals surface area contributed by atoms with Gasteiger partial charge >= 0.3 is 0 Å². The number of carbonyl (C=O) groups is 1. The molecule has 0 saturated carbocycles. The zero-order valence-electron chi connectivity index (χ0n) is 17.0.